The monoisotopic (exact) mass is 384 g/mol. The van der Waals surface area contributed by atoms with Gasteiger partial charge in [0.2, 0.25) is 5.88 Å². The van der Waals surface area contributed by atoms with E-state index in [0.717, 1.165) is 51.7 Å². The normalized spacial score (nSPS) is 12.7. The Labute approximate surface area is 164 Å². The Morgan fingerprint density at radius 2 is 1.56 bits per heavy atom. The smallest absolute Gasteiger partial charge is 0.331 e. The summed E-state index contributed by atoms with van der Waals surface area (Å²) in [6, 6.07) is 0. The molecule has 0 aliphatic carbocycles. The zero-order valence-electron chi connectivity index (χ0n) is 18.0. The van der Waals surface area contributed by atoms with Gasteiger partial charge in [-0.3, -0.25) is 9.13 Å². The molecule has 27 heavy (non-hydrogen) atoms. The average Bonchev–Trinajstić information content (AvgIpc) is 2.87. The zero-order chi connectivity index (χ0) is 20.5. The van der Waals surface area contributed by atoms with Crippen molar-refractivity contribution in [3.8, 4) is 5.88 Å². The van der Waals surface area contributed by atoms with E-state index in [1.807, 2.05) is 6.92 Å². The van der Waals surface area contributed by atoms with Crippen molar-refractivity contribution in [2.45, 2.75) is 86.2 Å². The molecule has 1 rings (SSSR count). The molecule has 158 valence electrons. The number of nitrogens with zero attached hydrogens (tertiary/aromatic N) is 2. The summed E-state index contributed by atoms with van der Waals surface area (Å²) in [6.07, 6.45) is 7.66. The van der Waals surface area contributed by atoms with Gasteiger partial charge in [0.1, 0.15) is 0 Å². The van der Waals surface area contributed by atoms with Gasteiger partial charge in [-0.15, -0.1) is 0 Å². The molecule has 1 aromatic rings. The molecular formula is C21H40N2O4. The van der Waals surface area contributed by atoms with Crippen LogP contribution in [0.2, 0.25) is 0 Å². The first-order valence-electron chi connectivity index (χ1n) is 10.3. The molecule has 0 aliphatic rings. The third-order valence-electron chi connectivity index (χ3n) is 5.16. The molecule has 1 heterocycles. The van der Waals surface area contributed by atoms with Crippen LogP contribution in [-0.2, 0) is 17.8 Å². The molecule has 1 aromatic heterocycles. The van der Waals surface area contributed by atoms with Gasteiger partial charge in [-0.05, 0) is 43.4 Å². The summed E-state index contributed by atoms with van der Waals surface area (Å²) in [4.78, 5) is 12.2. The van der Waals surface area contributed by atoms with Gasteiger partial charge >= 0.3 is 5.69 Å². The molecule has 6 heteroatoms. The number of aliphatic hydroxyl groups excluding tert-OH is 1. The van der Waals surface area contributed by atoms with Crippen LogP contribution in [0, 0.1) is 10.8 Å². The lowest BCUT2D eigenvalue weighted by molar-refractivity contribution is 0.111. The van der Waals surface area contributed by atoms with Crippen LogP contribution in [-0.4, -0.2) is 39.2 Å². The Hall–Kier alpha value is -1.27. The third kappa shape index (κ3) is 8.52. The first-order chi connectivity index (χ1) is 12.6. The summed E-state index contributed by atoms with van der Waals surface area (Å²) in [7, 11) is 0. The molecule has 0 aliphatic heterocycles. The van der Waals surface area contributed by atoms with Gasteiger partial charge < -0.3 is 14.9 Å². The molecule has 0 unspecified atom stereocenters. The Morgan fingerprint density at radius 1 is 1.00 bits per heavy atom. The fourth-order valence-corrected chi connectivity index (χ4v) is 3.20. The van der Waals surface area contributed by atoms with E-state index in [4.69, 9.17) is 4.74 Å². The van der Waals surface area contributed by atoms with E-state index in [9.17, 15) is 15.0 Å². The van der Waals surface area contributed by atoms with E-state index in [1.165, 1.54) is 15.3 Å². The van der Waals surface area contributed by atoms with E-state index < -0.39 is 0 Å². The topological polar surface area (TPSA) is 76.6 Å². The van der Waals surface area contributed by atoms with Crippen molar-refractivity contribution in [2.75, 3.05) is 19.8 Å². The predicted octanol–water partition coefficient (Wildman–Crippen LogP) is 3.78. The van der Waals surface area contributed by atoms with Gasteiger partial charge in [0.25, 0.3) is 0 Å². The number of imidazole rings is 1. The highest BCUT2D eigenvalue weighted by Gasteiger charge is 2.22. The van der Waals surface area contributed by atoms with Crippen molar-refractivity contribution >= 4 is 0 Å². The molecule has 0 radical (unpaired) electrons. The molecular weight excluding hydrogens is 344 g/mol. The lowest BCUT2D eigenvalue weighted by Crippen LogP contribution is -2.29. The molecule has 0 saturated heterocycles. The summed E-state index contributed by atoms with van der Waals surface area (Å²) in [6.45, 7) is 13.2. The minimum Gasteiger partial charge on any atom is -0.493 e. The molecule has 0 spiro atoms. The number of rotatable bonds is 14. The Balaban J connectivity index is 2.20. The molecule has 0 atom stereocenters. The number of hydrogen-bond donors (Lipinski definition) is 2. The second-order valence-corrected chi connectivity index (χ2v) is 9.16. The fraction of sp³-hybridized carbons (Fsp3) is 0.857. The minimum absolute atomic E-state index is 0.0140. The number of unbranched alkanes of at least 4 members (excludes halogenated alkanes) is 2. The molecule has 6 nitrogen and oxygen atoms in total. The second-order valence-electron chi connectivity index (χ2n) is 9.16. The van der Waals surface area contributed by atoms with Crippen LogP contribution in [0.4, 0.5) is 0 Å². The van der Waals surface area contributed by atoms with E-state index in [-0.39, 0.29) is 29.0 Å². The number of ether oxygens (including phenoxy) is 1. The van der Waals surface area contributed by atoms with Crippen LogP contribution in [0.25, 0.3) is 0 Å². The summed E-state index contributed by atoms with van der Waals surface area (Å²) < 4.78 is 8.70. The van der Waals surface area contributed by atoms with Crippen molar-refractivity contribution in [1.82, 2.24) is 9.13 Å². The number of aliphatic hydroxyl groups is 1. The summed E-state index contributed by atoms with van der Waals surface area (Å²) >= 11 is 0. The Kier molecular flexibility index (Phi) is 9.60. The van der Waals surface area contributed by atoms with Gasteiger partial charge in [0, 0.05) is 32.9 Å². The molecule has 0 saturated carbocycles. The predicted molar refractivity (Wildman–Crippen MR) is 109 cm³/mol. The lowest BCUT2D eigenvalue weighted by Gasteiger charge is -2.25. The van der Waals surface area contributed by atoms with Crippen LogP contribution in [0.1, 0.15) is 73.1 Å². The van der Waals surface area contributed by atoms with E-state index in [2.05, 4.69) is 27.7 Å². The maximum atomic E-state index is 12.2. The van der Waals surface area contributed by atoms with Gasteiger partial charge in [0.05, 0.1) is 6.20 Å². The van der Waals surface area contributed by atoms with E-state index in [1.54, 1.807) is 0 Å². The van der Waals surface area contributed by atoms with E-state index in [0.29, 0.717) is 13.1 Å². The van der Waals surface area contributed by atoms with Crippen LogP contribution in [0.5, 0.6) is 5.88 Å². The van der Waals surface area contributed by atoms with Crippen molar-refractivity contribution in [3.63, 3.8) is 0 Å². The van der Waals surface area contributed by atoms with Crippen molar-refractivity contribution < 1.29 is 14.9 Å². The van der Waals surface area contributed by atoms with Crippen LogP contribution >= 0.6 is 0 Å². The molecule has 0 fully saturated rings. The standard InChI is InChI=1S/C21H40N2O4/c1-6-22-15-18(25)23(19(22)26)16-20(2,3)11-7-9-13-27-14-10-8-12-21(4,5)17-24/h15,24-25H,6-14,16-17H2,1-5H3. The van der Waals surface area contributed by atoms with Crippen molar-refractivity contribution in [2.24, 2.45) is 10.8 Å². The first kappa shape index (κ1) is 23.8. The maximum absolute atomic E-state index is 12.2. The van der Waals surface area contributed by atoms with Crippen LogP contribution < -0.4 is 5.69 Å². The summed E-state index contributed by atoms with van der Waals surface area (Å²) in [5.74, 6) is 0.0441. The molecule has 0 aromatic carbocycles. The van der Waals surface area contributed by atoms with Crippen LogP contribution in [0.15, 0.2) is 11.0 Å². The van der Waals surface area contributed by atoms with Gasteiger partial charge in [-0.1, -0.05) is 40.5 Å². The first-order valence-corrected chi connectivity index (χ1v) is 10.3. The van der Waals surface area contributed by atoms with Crippen LogP contribution in [0.3, 0.4) is 0 Å². The highest BCUT2D eigenvalue weighted by Crippen LogP contribution is 2.27. The Bertz CT molecular complexity index is 602. The quantitative estimate of drug-likeness (QED) is 0.479. The highest BCUT2D eigenvalue weighted by molar-refractivity contribution is 5.05. The zero-order valence-corrected chi connectivity index (χ0v) is 18.0. The van der Waals surface area contributed by atoms with Gasteiger partial charge in [0.15, 0.2) is 0 Å². The molecule has 2 N–H and O–H groups in total. The van der Waals surface area contributed by atoms with Crippen molar-refractivity contribution in [3.05, 3.63) is 16.7 Å². The SMILES string of the molecule is CCn1cc(O)n(CC(C)(C)CCCCOCCCCC(C)(C)CO)c1=O. The van der Waals surface area contributed by atoms with E-state index >= 15 is 0 Å². The van der Waals surface area contributed by atoms with Crippen molar-refractivity contribution in [1.29, 1.82) is 0 Å². The minimum atomic E-state index is -0.143. The number of aryl methyl sites for hydroxylation is 1. The number of aromatic nitrogens is 2. The highest BCUT2D eigenvalue weighted by atomic mass is 16.5. The lowest BCUT2D eigenvalue weighted by atomic mass is 9.87. The number of hydrogen-bond acceptors (Lipinski definition) is 4. The largest absolute Gasteiger partial charge is 0.493 e. The number of aromatic hydroxyl groups is 1. The summed E-state index contributed by atoms with van der Waals surface area (Å²) in [5.41, 5.74) is -0.187. The van der Waals surface area contributed by atoms with Gasteiger partial charge in [-0.2, -0.15) is 0 Å². The fourth-order valence-electron chi connectivity index (χ4n) is 3.20. The maximum Gasteiger partial charge on any atom is 0.331 e. The van der Waals surface area contributed by atoms with Gasteiger partial charge in [-0.25, -0.2) is 4.79 Å². The second kappa shape index (κ2) is 10.9. The molecule has 0 bridgehead atoms. The molecule has 0 amide bonds. The summed E-state index contributed by atoms with van der Waals surface area (Å²) in [5, 5.41) is 19.2. The Morgan fingerprint density at radius 3 is 2.04 bits per heavy atom. The average molecular weight is 385 g/mol. The third-order valence-corrected chi connectivity index (χ3v) is 5.16.